The molecule has 0 spiro atoms. The van der Waals surface area contributed by atoms with Crippen LogP contribution in [0.5, 0.6) is 0 Å². The second-order valence-electron chi connectivity index (χ2n) is 7.53. The minimum atomic E-state index is -3.65. The molecule has 0 amide bonds. The van der Waals surface area contributed by atoms with Gasteiger partial charge in [-0.25, -0.2) is 8.42 Å². The largest absolute Gasteiger partial charge is 0.359 e. The van der Waals surface area contributed by atoms with E-state index in [0.717, 1.165) is 12.8 Å². The number of nitrogens with zero attached hydrogens (tertiary/aromatic N) is 4. The fourth-order valence-electron chi connectivity index (χ4n) is 3.53. The van der Waals surface area contributed by atoms with E-state index in [1.165, 1.54) is 15.1 Å². The molecule has 31 heavy (non-hydrogen) atoms. The molecule has 3 rings (SSSR count). The van der Waals surface area contributed by atoms with Crippen molar-refractivity contribution in [3.05, 3.63) is 57.7 Å². The van der Waals surface area contributed by atoms with Crippen LogP contribution in [-0.2, 0) is 10.0 Å². The Hall–Kier alpha value is -2.78. The van der Waals surface area contributed by atoms with Crippen LogP contribution in [0.2, 0.25) is 0 Å². The summed E-state index contributed by atoms with van der Waals surface area (Å²) in [6.07, 6.45) is 1.48. The Labute approximate surface area is 182 Å². The molecule has 1 aromatic carbocycles. The average molecular weight is 445 g/mol. The van der Waals surface area contributed by atoms with Crippen LogP contribution >= 0.6 is 0 Å². The molecule has 0 bridgehead atoms. The molecule has 0 atom stereocenters. The molecule has 9 heteroatoms. The van der Waals surface area contributed by atoms with E-state index in [2.05, 4.69) is 10.3 Å². The fourth-order valence-corrected chi connectivity index (χ4v) is 5.41. The molecule has 3 aromatic rings. The summed E-state index contributed by atoms with van der Waals surface area (Å²) in [5.41, 5.74) is 2.47. The number of sulfonamides is 1. The van der Waals surface area contributed by atoms with E-state index in [-0.39, 0.29) is 10.5 Å². The van der Waals surface area contributed by atoms with E-state index in [0.29, 0.717) is 47.1 Å². The topological polar surface area (TPSA) is 98.3 Å². The highest BCUT2D eigenvalue weighted by atomic mass is 32.2. The van der Waals surface area contributed by atoms with Crippen LogP contribution in [0.25, 0.3) is 16.9 Å². The van der Waals surface area contributed by atoms with Gasteiger partial charge in [0.1, 0.15) is 11.4 Å². The standard InChI is InChI=1S/C22H28N4O4S/c1-6-12-25(13-7-2)31(28,29)20-14-18(9-8-15(20)3)19-10-11-21(27)26(23-19)22-16(4)24-30-17(22)5/h8-11,14H,6-7,12-13H2,1-5H3. The van der Waals surface area contributed by atoms with Crippen LogP contribution in [0.1, 0.15) is 43.7 Å². The Morgan fingerprint density at radius 3 is 2.29 bits per heavy atom. The summed E-state index contributed by atoms with van der Waals surface area (Å²) in [6.45, 7) is 10.1. The van der Waals surface area contributed by atoms with Crippen LogP contribution in [0.3, 0.4) is 0 Å². The summed E-state index contributed by atoms with van der Waals surface area (Å²) in [4.78, 5) is 12.7. The van der Waals surface area contributed by atoms with Gasteiger partial charge in [0.25, 0.3) is 5.56 Å². The molecule has 0 aliphatic heterocycles. The monoisotopic (exact) mass is 444 g/mol. The number of rotatable bonds is 8. The molecule has 0 fully saturated rings. The maximum atomic E-state index is 13.3. The first-order valence-corrected chi connectivity index (χ1v) is 11.8. The smallest absolute Gasteiger partial charge is 0.271 e. The molecule has 0 aliphatic rings. The lowest BCUT2D eigenvalue weighted by Crippen LogP contribution is -2.33. The second kappa shape index (κ2) is 9.15. The predicted molar refractivity (Wildman–Crippen MR) is 119 cm³/mol. The number of benzene rings is 1. The Bertz CT molecular complexity index is 1220. The van der Waals surface area contributed by atoms with Gasteiger partial charge in [0, 0.05) is 24.7 Å². The van der Waals surface area contributed by atoms with Gasteiger partial charge in [0.15, 0.2) is 5.76 Å². The lowest BCUT2D eigenvalue weighted by atomic mass is 10.1. The summed E-state index contributed by atoms with van der Waals surface area (Å²) in [5, 5.41) is 8.36. The summed E-state index contributed by atoms with van der Waals surface area (Å²) in [7, 11) is -3.65. The molecule has 0 unspecified atom stereocenters. The Morgan fingerprint density at radius 1 is 1.03 bits per heavy atom. The van der Waals surface area contributed by atoms with Crippen molar-refractivity contribution in [1.82, 2.24) is 19.2 Å². The molecular formula is C22H28N4O4S. The molecule has 2 aromatic heterocycles. The highest BCUT2D eigenvalue weighted by Gasteiger charge is 2.25. The van der Waals surface area contributed by atoms with Crippen molar-refractivity contribution in [2.45, 2.75) is 52.4 Å². The van der Waals surface area contributed by atoms with Gasteiger partial charge < -0.3 is 4.52 Å². The van der Waals surface area contributed by atoms with Gasteiger partial charge in [0.2, 0.25) is 10.0 Å². The molecule has 8 nitrogen and oxygen atoms in total. The average Bonchev–Trinajstić information content (AvgIpc) is 3.06. The molecule has 0 radical (unpaired) electrons. The fraction of sp³-hybridized carbons (Fsp3) is 0.409. The number of aromatic nitrogens is 3. The Morgan fingerprint density at radius 2 is 1.71 bits per heavy atom. The van der Waals surface area contributed by atoms with Gasteiger partial charge in [-0.1, -0.05) is 31.1 Å². The summed E-state index contributed by atoms with van der Waals surface area (Å²) < 4.78 is 34.6. The number of hydrogen-bond acceptors (Lipinski definition) is 6. The normalized spacial score (nSPS) is 11.9. The van der Waals surface area contributed by atoms with Crippen molar-refractivity contribution < 1.29 is 12.9 Å². The maximum absolute atomic E-state index is 13.3. The number of hydrogen-bond donors (Lipinski definition) is 0. The summed E-state index contributed by atoms with van der Waals surface area (Å²) in [6, 6.07) is 8.21. The molecular weight excluding hydrogens is 416 g/mol. The minimum Gasteiger partial charge on any atom is -0.359 e. The van der Waals surface area contributed by atoms with Crippen molar-refractivity contribution in [3.63, 3.8) is 0 Å². The third kappa shape index (κ3) is 4.47. The molecule has 0 saturated heterocycles. The zero-order valence-corrected chi connectivity index (χ0v) is 19.4. The summed E-state index contributed by atoms with van der Waals surface area (Å²) >= 11 is 0. The first-order valence-electron chi connectivity index (χ1n) is 10.4. The quantitative estimate of drug-likeness (QED) is 0.526. The van der Waals surface area contributed by atoms with E-state index >= 15 is 0 Å². The van der Waals surface area contributed by atoms with Crippen LogP contribution in [0.15, 0.2) is 44.5 Å². The zero-order valence-electron chi connectivity index (χ0n) is 18.5. The third-order valence-electron chi connectivity index (χ3n) is 5.06. The van der Waals surface area contributed by atoms with Crippen LogP contribution in [0, 0.1) is 20.8 Å². The minimum absolute atomic E-state index is 0.254. The van der Waals surface area contributed by atoms with Crippen molar-refractivity contribution in [2.24, 2.45) is 0 Å². The van der Waals surface area contributed by atoms with Crippen molar-refractivity contribution in [1.29, 1.82) is 0 Å². The van der Waals surface area contributed by atoms with Crippen molar-refractivity contribution >= 4 is 10.0 Å². The van der Waals surface area contributed by atoms with E-state index < -0.39 is 10.0 Å². The van der Waals surface area contributed by atoms with Gasteiger partial charge in [-0.3, -0.25) is 4.79 Å². The maximum Gasteiger partial charge on any atom is 0.271 e. The van der Waals surface area contributed by atoms with E-state index in [1.807, 2.05) is 19.9 Å². The van der Waals surface area contributed by atoms with Gasteiger partial charge in [-0.15, -0.1) is 0 Å². The first-order chi connectivity index (χ1) is 14.7. The van der Waals surface area contributed by atoms with Gasteiger partial charge in [0.05, 0.1) is 10.6 Å². The van der Waals surface area contributed by atoms with E-state index in [4.69, 9.17) is 4.52 Å². The summed E-state index contributed by atoms with van der Waals surface area (Å²) in [5.74, 6) is 0.478. The molecule has 2 heterocycles. The second-order valence-corrected chi connectivity index (χ2v) is 9.43. The Kier molecular flexibility index (Phi) is 6.76. The predicted octanol–water partition coefficient (Wildman–Crippen LogP) is 3.62. The van der Waals surface area contributed by atoms with Crippen LogP contribution < -0.4 is 5.56 Å². The van der Waals surface area contributed by atoms with Gasteiger partial charge in [-0.05, 0) is 51.3 Å². The van der Waals surface area contributed by atoms with Gasteiger partial charge >= 0.3 is 0 Å². The molecule has 0 N–H and O–H groups in total. The highest BCUT2D eigenvalue weighted by Crippen LogP contribution is 2.27. The molecule has 0 aliphatic carbocycles. The van der Waals surface area contributed by atoms with E-state index in [1.54, 1.807) is 39.0 Å². The SMILES string of the molecule is CCCN(CCC)S(=O)(=O)c1cc(-c2ccc(=O)n(-c3c(C)noc3C)n2)ccc1C. The van der Waals surface area contributed by atoms with Crippen molar-refractivity contribution in [2.75, 3.05) is 13.1 Å². The lowest BCUT2D eigenvalue weighted by Gasteiger charge is -2.22. The van der Waals surface area contributed by atoms with Crippen LogP contribution in [0.4, 0.5) is 0 Å². The lowest BCUT2D eigenvalue weighted by molar-refractivity contribution is 0.392. The van der Waals surface area contributed by atoms with Crippen LogP contribution in [-0.4, -0.2) is 40.7 Å². The molecule has 0 saturated carbocycles. The molecule has 166 valence electrons. The number of aryl methyl sites for hydroxylation is 3. The van der Waals surface area contributed by atoms with E-state index in [9.17, 15) is 13.2 Å². The Balaban J connectivity index is 2.12. The third-order valence-corrected chi connectivity index (χ3v) is 7.10. The van der Waals surface area contributed by atoms with Crippen molar-refractivity contribution in [3.8, 4) is 16.9 Å². The zero-order chi connectivity index (χ0) is 22.8. The van der Waals surface area contributed by atoms with Gasteiger partial charge in [-0.2, -0.15) is 14.1 Å². The first kappa shape index (κ1) is 22.9. The highest BCUT2D eigenvalue weighted by molar-refractivity contribution is 7.89.